The summed E-state index contributed by atoms with van der Waals surface area (Å²) in [6.07, 6.45) is 0.979. The molecule has 3 nitrogen and oxygen atoms in total. The molecule has 3 rings (SSSR count). The molecule has 1 aliphatic rings. The van der Waals surface area contributed by atoms with Gasteiger partial charge in [0, 0.05) is 34.8 Å². The number of carbonyl (C=O) groups excluding carboxylic acids is 1. The Morgan fingerprint density at radius 3 is 2.96 bits per heavy atom. The summed E-state index contributed by atoms with van der Waals surface area (Å²) in [5.74, 6) is -0.558. The van der Waals surface area contributed by atoms with E-state index in [2.05, 4.69) is 33.1 Å². The number of hydrogen-bond acceptors (Lipinski definition) is 2. The number of benzene rings is 2. The molecule has 1 aliphatic heterocycles. The first-order chi connectivity index (χ1) is 11.9. The second kappa shape index (κ2) is 7.75. The number of aryl methyl sites for hydroxylation is 1. The maximum absolute atomic E-state index is 13.8. The van der Waals surface area contributed by atoms with Gasteiger partial charge >= 0.3 is 0 Å². The van der Waals surface area contributed by atoms with Crippen LogP contribution < -0.4 is 10.2 Å². The smallest absolute Gasteiger partial charge is 0.254 e. The van der Waals surface area contributed by atoms with Gasteiger partial charge in [-0.2, -0.15) is 0 Å². The molecule has 132 valence electrons. The second-order valence-corrected chi connectivity index (χ2v) is 7.72. The van der Waals surface area contributed by atoms with Gasteiger partial charge in [0.15, 0.2) is 0 Å². The van der Waals surface area contributed by atoms with E-state index in [1.165, 1.54) is 17.7 Å². The number of anilines is 1. The van der Waals surface area contributed by atoms with Gasteiger partial charge in [-0.1, -0.05) is 33.6 Å². The van der Waals surface area contributed by atoms with Crippen LogP contribution in [0.4, 0.5) is 10.1 Å². The molecule has 0 aliphatic carbocycles. The van der Waals surface area contributed by atoms with Gasteiger partial charge in [0.25, 0.3) is 5.91 Å². The van der Waals surface area contributed by atoms with E-state index in [-0.39, 0.29) is 11.5 Å². The van der Waals surface area contributed by atoms with Crippen molar-refractivity contribution >= 4 is 39.1 Å². The average molecular weight is 426 g/mol. The van der Waals surface area contributed by atoms with Crippen molar-refractivity contribution in [2.24, 2.45) is 5.92 Å². The zero-order valence-electron chi connectivity index (χ0n) is 13.9. The van der Waals surface area contributed by atoms with Crippen LogP contribution in [0.2, 0.25) is 5.02 Å². The predicted octanol–water partition coefficient (Wildman–Crippen LogP) is 4.81. The van der Waals surface area contributed by atoms with Crippen LogP contribution in [-0.2, 0) is 0 Å². The fraction of sp³-hybridized carbons (Fsp3) is 0.316. The molecule has 0 spiro atoms. The van der Waals surface area contributed by atoms with E-state index in [0.29, 0.717) is 16.9 Å². The van der Waals surface area contributed by atoms with E-state index in [9.17, 15) is 9.18 Å². The molecule has 0 saturated carbocycles. The van der Waals surface area contributed by atoms with E-state index in [4.69, 9.17) is 11.6 Å². The highest BCUT2D eigenvalue weighted by atomic mass is 79.9. The zero-order valence-corrected chi connectivity index (χ0v) is 16.2. The van der Waals surface area contributed by atoms with Gasteiger partial charge < -0.3 is 10.2 Å². The lowest BCUT2D eigenvalue weighted by Gasteiger charge is -2.21. The molecule has 0 aromatic heterocycles. The minimum Gasteiger partial charge on any atom is -0.371 e. The zero-order chi connectivity index (χ0) is 18.0. The maximum atomic E-state index is 13.8. The van der Waals surface area contributed by atoms with Crippen molar-refractivity contribution in [3.05, 3.63) is 62.8 Å². The number of halogens is 3. The van der Waals surface area contributed by atoms with Crippen LogP contribution in [0.1, 0.15) is 22.3 Å². The summed E-state index contributed by atoms with van der Waals surface area (Å²) in [6.45, 7) is 4.37. The van der Waals surface area contributed by atoms with Crippen LogP contribution in [0, 0.1) is 18.7 Å². The van der Waals surface area contributed by atoms with E-state index in [0.717, 1.165) is 30.2 Å². The largest absolute Gasteiger partial charge is 0.371 e. The van der Waals surface area contributed by atoms with Crippen molar-refractivity contribution in [1.29, 1.82) is 0 Å². The molecule has 1 amide bonds. The molecule has 1 atom stereocenters. The standard InChI is InChI=1S/C19H19BrClFN2O/c1-12-2-4-15(21)9-18(12)24-7-6-13(11-24)10-23-19(25)16-8-14(20)3-5-17(16)22/h2-5,8-9,13H,6-7,10-11H2,1H3,(H,23,25). The highest BCUT2D eigenvalue weighted by molar-refractivity contribution is 9.10. The molecule has 0 radical (unpaired) electrons. The second-order valence-electron chi connectivity index (χ2n) is 6.37. The summed E-state index contributed by atoms with van der Waals surface area (Å²) in [5, 5.41) is 3.58. The number of rotatable bonds is 4. The molecule has 2 aromatic rings. The fourth-order valence-corrected chi connectivity index (χ4v) is 3.67. The normalized spacial score (nSPS) is 17.0. The van der Waals surface area contributed by atoms with Crippen LogP contribution in [0.25, 0.3) is 0 Å². The fourth-order valence-electron chi connectivity index (χ4n) is 3.15. The van der Waals surface area contributed by atoms with Gasteiger partial charge in [-0.05, 0) is 55.2 Å². The minimum absolute atomic E-state index is 0.0647. The van der Waals surface area contributed by atoms with Crippen LogP contribution in [0.15, 0.2) is 40.9 Å². The van der Waals surface area contributed by atoms with Crippen LogP contribution in [0.3, 0.4) is 0 Å². The van der Waals surface area contributed by atoms with E-state index >= 15 is 0 Å². The average Bonchev–Trinajstić information content (AvgIpc) is 3.06. The van der Waals surface area contributed by atoms with Gasteiger partial charge in [-0.25, -0.2) is 4.39 Å². The van der Waals surface area contributed by atoms with E-state index < -0.39 is 5.82 Å². The van der Waals surface area contributed by atoms with Crippen molar-refractivity contribution in [2.75, 3.05) is 24.5 Å². The summed E-state index contributed by atoms with van der Waals surface area (Å²) in [5.41, 5.74) is 2.39. The summed E-state index contributed by atoms with van der Waals surface area (Å²) in [7, 11) is 0. The van der Waals surface area contributed by atoms with Crippen molar-refractivity contribution in [1.82, 2.24) is 5.32 Å². The van der Waals surface area contributed by atoms with Crippen molar-refractivity contribution in [3.8, 4) is 0 Å². The van der Waals surface area contributed by atoms with Crippen LogP contribution in [-0.4, -0.2) is 25.5 Å². The Balaban J connectivity index is 1.59. The van der Waals surface area contributed by atoms with E-state index in [1.807, 2.05) is 18.2 Å². The number of nitrogens with one attached hydrogen (secondary N) is 1. The summed E-state index contributed by atoms with van der Waals surface area (Å²) in [4.78, 5) is 14.5. The minimum atomic E-state index is -0.511. The van der Waals surface area contributed by atoms with Crippen molar-refractivity contribution in [3.63, 3.8) is 0 Å². The SMILES string of the molecule is Cc1ccc(Cl)cc1N1CCC(CNC(=O)c2cc(Br)ccc2F)C1. The molecule has 1 unspecified atom stereocenters. The monoisotopic (exact) mass is 424 g/mol. The Hall–Kier alpha value is -1.59. The number of amides is 1. The Labute approximate surface area is 160 Å². The highest BCUT2D eigenvalue weighted by Crippen LogP contribution is 2.29. The van der Waals surface area contributed by atoms with Gasteiger partial charge in [0.2, 0.25) is 0 Å². The molecule has 25 heavy (non-hydrogen) atoms. The molecule has 6 heteroatoms. The van der Waals surface area contributed by atoms with Crippen LogP contribution in [0.5, 0.6) is 0 Å². The molecule has 1 fully saturated rings. The third-order valence-corrected chi connectivity index (χ3v) is 5.25. The number of carbonyl (C=O) groups is 1. The Bertz CT molecular complexity index is 799. The molecule has 1 heterocycles. The molecule has 2 aromatic carbocycles. The molecule has 1 saturated heterocycles. The summed E-state index contributed by atoms with van der Waals surface area (Å²) in [6, 6.07) is 10.3. The van der Waals surface area contributed by atoms with Crippen molar-refractivity contribution in [2.45, 2.75) is 13.3 Å². The third kappa shape index (κ3) is 4.33. The van der Waals surface area contributed by atoms with Gasteiger partial charge in [-0.15, -0.1) is 0 Å². The van der Waals surface area contributed by atoms with E-state index in [1.54, 1.807) is 6.07 Å². The van der Waals surface area contributed by atoms with Gasteiger partial charge in [0.1, 0.15) is 5.82 Å². The lowest BCUT2D eigenvalue weighted by molar-refractivity contribution is 0.0944. The highest BCUT2D eigenvalue weighted by Gasteiger charge is 2.24. The Morgan fingerprint density at radius 1 is 1.36 bits per heavy atom. The predicted molar refractivity (Wildman–Crippen MR) is 103 cm³/mol. The molecule has 1 N–H and O–H groups in total. The quantitative estimate of drug-likeness (QED) is 0.763. The summed E-state index contributed by atoms with van der Waals surface area (Å²) < 4.78 is 14.5. The number of nitrogens with zero attached hydrogens (tertiary/aromatic N) is 1. The first-order valence-electron chi connectivity index (χ1n) is 8.18. The lowest BCUT2D eigenvalue weighted by Crippen LogP contribution is -2.31. The van der Waals surface area contributed by atoms with Gasteiger partial charge in [-0.3, -0.25) is 4.79 Å². The first-order valence-corrected chi connectivity index (χ1v) is 9.35. The molecule has 0 bridgehead atoms. The Morgan fingerprint density at radius 2 is 2.16 bits per heavy atom. The first kappa shape index (κ1) is 18.2. The van der Waals surface area contributed by atoms with Crippen molar-refractivity contribution < 1.29 is 9.18 Å². The lowest BCUT2D eigenvalue weighted by atomic mass is 10.1. The van der Waals surface area contributed by atoms with Crippen LogP contribution >= 0.6 is 27.5 Å². The Kier molecular flexibility index (Phi) is 5.64. The molecular weight excluding hydrogens is 407 g/mol. The summed E-state index contributed by atoms with van der Waals surface area (Å²) >= 11 is 9.37. The topological polar surface area (TPSA) is 32.3 Å². The van der Waals surface area contributed by atoms with Gasteiger partial charge in [0.05, 0.1) is 5.56 Å². The maximum Gasteiger partial charge on any atom is 0.254 e. The third-order valence-electron chi connectivity index (χ3n) is 4.52. The molecular formula is C19H19BrClFN2O. The number of hydrogen-bond donors (Lipinski definition) is 1.